The molecular formula is C25H28Cl2N2O8S. The molecular weight excluding hydrogens is 559 g/mol. The van der Waals surface area contributed by atoms with E-state index in [1.54, 1.807) is 6.07 Å². The molecule has 4 rings (SSSR count). The van der Waals surface area contributed by atoms with Crippen molar-refractivity contribution in [1.82, 2.24) is 9.21 Å². The van der Waals surface area contributed by atoms with Crippen LogP contribution in [0.15, 0.2) is 29.2 Å². The Hall–Kier alpha value is -2.57. The molecule has 206 valence electrons. The number of rotatable bonds is 8. The van der Waals surface area contributed by atoms with Crippen molar-refractivity contribution < 1.29 is 37.0 Å². The van der Waals surface area contributed by atoms with E-state index in [9.17, 15) is 18.0 Å². The van der Waals surface area contributed by atoms with Gasteiger partial charge >= 0.3 is 5.97 Å². The number of morpholine rings is 1. The molecule has 1 amide bonds. The number of carbonyl (C=O) groups is 2. The number of methoxy groups -OCH3 is 1. The molecule has 0 saturated carbocycles. The van der Waals surface area contributed by atoms with E-state index in [1.807, 2.05) is 25.7 Å². The molecule has 0 aromatic heterocycles. The first-order valence-corrected chi connectivity index (χ1v) is 14.1. The van der Waals surface area contributed by atoms with Gasteiger partial charge in [-0.05, 0) is 36.6 Å². The Bertz CT molecular complexity index is 1360. The third-order valence-corrected chi connectivity index (χ3v) is 8.82. The van der Waals surface area contributed by atoms with Gasteiger partial charge in [-0.3, -0.25) is 9.69 Å². The molecule has 0 radical (unpaired) electrons. The summed E-state index contributed by atoms with van der Waals surface area (Å²) >= 11 is 12.7. The average Bonchev–Trinajstić information content (AvgIpc) is 3.08. The summed E-state index contributed by atoms with van der Waals surface area (Å²) in [7, 11) is -2.89. The molecule has 0 aliphatic carbocycles. The van der Waals surface area contributed by atoms with Crippen molar-refractivity contribution in [3.05, 3.63) is 51.0 Å². The average molecular weight is 587 g/mol. The zero-order valence-corrected chi connectivity index (χ0v) is 23.7. The van der Waals surface area contributed by atoms with Crippen LogP contribution in [0.3, 0.4) is 0 Å². The van der Waals surface area contributed by atoms with Gasteiger partial charge in [0.25, 0.3) is 15.9 Å². The van der Waals surface area contributed by atoms with Crippen LogP contribution < -0.4 is 9.47 Å². The summed E-state index contributed by atoms with van der Waals surface area (Å²) in [6, 6.07) is 5.86. The molecule has 1 saturated heterocycles. The van der Waals surface area contributed by atoms with E-state index >= 15 is 0 Å². The number of fused-ring (bicyclic) bond motifs is 1. The number of hydrogen-bond donors (Lipinski definition) is 0. The van der Waals surface area contributed by atoms with Crippen LogP contribution in [0.5, 0.6) is 11.5 Å². The van der Waals surface area contributed by atoms with Gasteiger partial charge in [-0.1, -0.05) is 37.0 Å². The van der Waals surface area contributed by atoms with E-state index in [0.717, 1.165) is 0 Å². The molecule has 0 bridgehead atoms. The lowest BCUT2D eigenvalue weighted by molar-refractivity contribution is -0.0373. The standard InChI is InChI=1S/C25H28Cl2N2O8S/c1-14(2)17-11-16(34-4)12-20-21(17)24(30)29(38(20,32)33)13-36-25(31)22-18(26)5-6-19(23(22)27)37-15(3)28-7-9-35-10-8-28/h5-6,11-12,14-15H,7-10,13H2,1-4H3. The summed E-state index contributed by atoms with van der Waals surface area (Å²) in [5.41, 5.74) is 0.332. The molecule has 1 fully saturated rings. The van der Waals surface area contributed by atoms with Crippen molar-refractivity contribution in [2.75, 3.05) is 40.1 Å². The fourth-order valence-corrected chi connectivity index (χ4v) is 6.33. The Morgan fingerprint density at radius 3 is 2.45 bits per heavy atom. The summed E-state index contributed by atoms with van der Waals surface area (Å²) in [5.74, 6) is -1.48. The number of esters is 1. The first-order valence-electron chi connectivity index (χ1n) is 11.9. The highest BCUT2D eigenvalue weighted by Crippen LogP contribution is 2.39. The van der Waals surface area contributed by atoms with Gasteiger partial charge in [-0.2, -0.15) is 4.31 Å². The van der Waals surface area contributed by atoms with E-state index < -0.39 is 28.6 Å². The Balaban J connectivity index is 1.55. The van der Waals surface area contributed by atoms with Crippen molar-refractivity contribution in [3.8, 4) is 11.5 Å². The van der Waals surface area contributed by atoms with E-state index in [0.29, 0.717) is 41.9 Å². The number of carbonyl (C=O) groups excluding carboxylic acids is 2. The van der Waals surface area contributed by atoms with E-state index in [-0.39, 0.29) is 44.0 Å². The fourth-order valence-electron chi connectivity index (χ4n) is 4.30. The van der Waals surface area contributed by atoms with Gasteiger partial charge in [0, 0.05) is 19.2 Å². The largest absolute Gasteiger partial charge is 0.497 e. The molecule has 2 heterocycles. The number of ether oxygens (including phenoxy) is 4. The maximum Gasteiger partial charge on any atom is 0.343 e. The minimum absolute atomic E-state index is 0.0166. The summed E-state index contributed by atoms with van der Waals surface area (Å²) in [5, 5.41) is -0.106. The Morgan fingerprint density at radius 1 is 1.13 bits per heavy atom. The molecule has 38 heavy (non-hydrogen) atoms. The molecule has 1 unspecified atom stereocenters. The van der Waals surface area contributed by atoms with Gasteiger partial charge in [0.1, 0.15) is 28.2 Å². The Labute approximate surface area is 231 Å². The number of sulfonamides is 1. The molecule has 0 N–H and O–H groups in total. The minimum Gasteiger partial charge on any atom is -0.497 e. The lowest BCUT2D eigenvalue weighted by Crippen LogP contribution is -2.44. The number of hydrogen-bond acceptors (Lipinski definition) is 9. The van der Waals surface area contributed by atoms with Crippen molar-refractivity contribution in [3.63, 3.8) is 0 Å². The lowest BCUT2D eigenvalue weighted by Gasteiger charge is -2.32. The summed E-state index contributed by atoms with van der Waals surface area (Å²) in [6.07, 6.45) is -0.362. The van der Waals surface area contributed by atoms with Crippen LogP contribution in [0.2, 0.25) is 10.0 Å². The smallest absolute Gasteiger partial charge is 0.343 e. The van der Waals surface area contributed by atoms with Gasteiger partial charge in [-0.15, -0.1) is 0 Å². The Morgan fingerprint density at radius 2 is 1.82 bits per heavy atom. The first kappa shape index (κ1) is 28.4. The second-order valence-corrected chi connectivity index (χ2v) is 11.7. The van der Waals surface area contributed by atoms with Gasteiger partial charge in [0.15, 0.2) is 6.73 Å². The molecule has 2 aliphatic heterocycles. The Kier molecular flexibility index (Phi) is 8.43. The van der Waals surface area contributed by atoms with Gasteiger partial charge < -0.3 is 18.9 Å². The third-order valence-electron chi connectivity index (χ3n) is 6.40. The van der Waals surface area contributed by atoms with E-state index in [2.05, 4.69) is 0 Å². The fraction of sp³-hybridized carbons (Fsp3) is 0.440. The van der Waals surface area contributed by atoms with Crippen LogP contribution in [-0.4, -0.2) is 75.9 Å². The molecule has 2 aromatic carbocycles. The summed E-state index contributed by atoms with van der Waals surface area (Å²) in [4.78, 5) is 28.0. The highest BCUT2D eigenvalue weighted by molar-refractivity contribution is 7.90. The maximum atomic E-state index is 13.2. The zero-order chi connectivity index (χ0) is 27.8. The SMILES string of the molecule is COc1cc(C(C)C)c2c(c1)S(=O)(=O)N(COC(=O)c1c(Cl)ccc(OC(C)N3CCOCC3)c1Cl)C2=O. The van der Waals surface area contributed by atoms with Gasteiger partial charge in [-0.25, -0.2) is 13.2 Å². The highest BCUT2D eigenvalue weighted by Gasteiger charge is 2.44. The molecule has 10 nitrogen and oxygen atoms in total. The predicted molar refractivity (Wildman–Crippen MR) is 140 cm³/mol. The molecule has 1 atom stereocenters. The zero-order valence-electron chi connectivity index (χ0n) is 21.3. The van der Waals surface area contributed by atoms with E-state index in [1.165, 1.54) is 25.3 Å². The van der Waals surface area contributed by atoms with Crippen LogP contribution >= 0.6 is 23.2 Å². The maximum absolute atomic E-state index is 13.2. The quantitative estimate of drug-likeness (QED) is 0.421. The normalized spacial score (nSPS) is 17.9. The minimum atomic E-state index is -4.30. The summed E-state index contributed by atoms with van der Waals surface area (Å²) in [6.45, 7) is 7.14. The number of nitrogens with zero attached hydrogens (tertiary/aromatic N) is 2. The van der Waals surface area contributed by atoms with Gasteiger partial charge in [0.2, 0.25) is 0 Å². The molecule has 13 heteroatoms. The van der Waals surface area contributed by atoms with Crippen LogP contribution in [0.4, 0.5) is 0 Å². The van der Waals surface area contributed by atoms with Crippen LogP contribution in [0.25, 0.3) is 0 Å². The van der Waals surface area contributed by atoms with Crippen molar-refractivity contribution >= 4 is 45.1 Å². The monoisotopic (exact) mass is 586 g/mol. The van der Waals surface area contributed by atoms with Crippen LogP contribution in [0, 0.1) is 0 Å². The van der Waals surface area contributed by atoms with Gasteiger partial charge in [0.05, 0.1) is 35.9 Å². The van der Waals surface area contributed by atoms with Crippen molar-refractivity contribution in [1.29, 1.82) is 0 Å². The molecule has 2 aliphatic rings. The second kappa shape index (κ2) is 11.3. The molecule has 0 spiro atoms. The van der Waals surface area contributed by atoms with E-state index in [4.69, 9.17) is 42.1 Å². The molecule has 2 aromatic rings. The number of amides is 1. The third kappa shape index (κ3) is 5.30. The number of benzene rings is 2. The predicted octanol–water partition coefficient (Wildman–Crippen LogP) is 4.14. The second-order valence-electron chi connectivity index (χ2n) is 9.06. The first-order chi connectivity index (χ1) is 18.0. The van der Waals surface area contributed by atoms with Crippen molar-refractivity contribution in [2.45, 2.75) is 37.8 Å². The number of halogens is 2. The highest BCUT2D eigenvalue weighted by atomic mass is 35.5. The van der Waals surface area contributed by atoms with Crippen LogP contribution in [-0.2, 0) is 19.5 Å². The van der Waals surface area contributed by atoms with Crippen LogP contribution in [0.1, 0.15) is 53.0 Å². The topological polar surface area (TPSA) is 112 Å². The van der Waals surface area contributed by atoms with Crippen molar-refractivity contribution in [2.24, 2.45) is 0 Å². The lowest BCUT2D eigenvalue weighted by atomic mass is 9.96. The summed E-state index contributed by atoms with van der Waals surface area (Å²) < 4.78 is 48.7.